The van der Waals surface area contributed by atoms with Gasteiger partial charge in [0.1, 0.15) is 0 Å². The van der Waals surface area contributed by atoms with E-state index in [1.807, 2.05) is 0 Å². The molecule has 0 bridgehead atoms. The average molecular weight is 228 g/mol. The van der Waals surface area contributed by atoms with Crippen LogP contribution in [0.1, 0.15) is 19.8 Å². The molecule has 2 unspecified atom stereocenters. The molecule has 0 spiro atoms. The Morgan fingerprint density at radius 1 is 1.47 bits per heavy atom. The van der Waals surface area contributed by atoms with Crippen LogP contribution in [0.3, 0.4) is 0 Å². The monoisotopic (exact) mass is 227 g/mol. The Bertz CT molecular complexity index is 334. The van der Waals surface area contributed by atoms with E-state index < -0.39 is 0 Å². The fourth-order valence-electron chi connectivity index (χ4n) is 1.69. The zero-order valence-electron chi connectivity index (χ0n) is 8.61. The van der Waals surface area contributed by atoms with Gasteiger partial charge in [0.2, 0.25) is 0 Å². The van der Waals surface area contributed by atoms with Gasteiger partial charge in [-0.1, -0.05) is 11.6 Å². The third kappa shape index (κ3) is 2.79. The van der Waals surface area contributed by atoms with Crippen molar-refractivity contribution in [1.82, 2.24) is 9.97 Å². The van der Waals surface area contributed by atoms with E-state index >= 15 is 0 Å². The fourth-order valence-corrected chi connectivity index (χ4v) is 1.86. The van der Waals surface area contributed by atoms with Crippen LogP contribution in [0.2, 0.25) is 5.15 Å². The van der Waals surface area contributed by atoms with Crippen molar-refractivity contribution < 1.29 is 4.74 Å². The first-order valence-corrected chi connectivity index (χ1v) is 5.49. The highest BCUT2D eigenvalue weighted by Gasteiger charge is 2.21. The molecule has 82 valence electrons. The molecule has 0 aliphatic carbocycles. The number of nitrogens with zero attached hydrogens (tertiary/aromatic N) is 2. The normalized spacial score (nSPS) is 25.5. The predicted octanol–water partition coefficient (Wildman–Crippen LogP) is 2.11. The Kier molecular flexibility index (Phi) is 3.38. The number of halogens is 1. The molecule has 1 aromatic heterocycles. The molecule has 0 amide bonds. The Morgan fingerprint density at radius 2 is 2.27 bits per heavy atom. The largest absolute Gasteiger partial charge is 0.373 e. The zero-order valence-corrected chi connectivity index (χ0v) is 9.37. The van der Waals surface area contributed by atoms with Crippen molar-refractivity contribution in [2.24, 2.45) is 0 Å². The summed E-state index contributed by atoms with van der Waals surface area (Å²) >= 11 is 5.86. The van der Waals surface area contributed by atoms with E-state index in [-0.39, 0.29) is 6.10 Å². The van der Waals surface area contributed by atoms with Crippen molar-refractivity contribution in [2.75, 3.05) is 11.9 Å². The fraction of sp³-hybridized carbons (Fsp3) is 0.600. The van der Waals surface area contributed by atoms with Gasteiger partial charge in [-0.15, -0.1) is 0 Å². The van der Waals surface area contributed by atoms with Crippen molar-refractivity contribution in [3.63, 3.8) is 0 Å². The van der Waals surface area contributed by atoms with Crippen LogP contribution in [0.15, 0.2) is 12.4 Å². The van der Waals surface area contributed by atoms with Gasteiger partial charge in [-0.25, -0.2) is 9.97 Å². The van der Waals surface area contributed by atoms with E-state index in [4.69, 9.17) is 16.3 Å². The third-order valence-electron chi connectivity index (χ3n) is 2.47. The highest BCUT2D eigenvalue weighted by molar-refractivity contribution is 6.31. The highest BCUT2D eigenvalue weighted by atomic mass is 35.5. The number of ether oxygens (including phenoxy) is 1. The van der Waals surface area contributed by atoms with Crippen LogP contribution in [0.4, 0.5) is 5.82 Å². The van der Waals surface area contributed by atoms with Gasteiger partial charge in [-0.3, -0.25) is 0 Å². The van der Waals surface area contributed by atoms with E-state index in [0.717, 1.165) is 19.4 Å². The molecule has 0 radical (unpaired) electrons. The topological polar surface area (TPSA) is 47.0 Å². The molecular formula is C10H14ClN3O. The lowest BCUT2D eigenvalue weighted by Crippen LogP contribution is -2.20. The summed E-state index contributed by atoms with van der Waals surface area (Å²) < 4.78 is 5.67. The quantitative estimate of drug-likeness (QED) is 0.859. The van der Waals surface area contributed by atoms with Gasteiger partial charge in [0.15, 0.2) is 11.0 Å². The second-order valence-electron chi connectivity index (χ2n) is 3.72. The summed E-state index contributed by atoms with van der Waals surface area (Å²) in [5, 5.41) is 3.55. The Labute approximate surface area is 94.0 Å². The molecule has 15 heavy (non-hydrogen) atoms. The van der Waals surface area contributed by atoms with E-state index in [2.05, 4.69) is 22.2 Å². The number of hydrogen-bond donors (Lipinski definition) is 1. The molecule has 1 fully saturated rings. The minimum absolute atomic E-state index is 0.262. The van der Waals surface area contributed by atoms with Gasteiger partial charge < -0.3 is 10.1 Å². The second kappa shape index (κ2) is 4.77. The molecule has 5 heteroatoms. The van der Waals surface area contributed by atoms with Gasteiger partial charge in [0, 0.05) is 18.9 Å². The number of rotatable bonds is 3. The van der Waals surface area contributed by atoms with Crippen LogP contribution in [0.25, 0.3) is 0 Å². The average Bonchev–Trinajstić information content (AvgIpc) is 2.63. The number of anilines is 1. The molecule has 1 saturated heterocycles. The molecule has 1 aliphatic rings. The van der Waals surface area contributed by atoms with E-state index in [0.29, 0.717) is 17.1 Å². The number of hydrogen-bond acceptors (Lipinski definition) is 4. The Hall–Kier alpha value is -0.870. The Morgan fingerprint density at radius 3 is 2.93 bits per heavy atom. The van der Waals surface area contributed by atoms with E-state index in [1.54, 1.807) is 12.4 Å². The molecule has 1 aromatic rings. The first-order valence-electron chi connectivity index (χ1n) is 5.11. The van der Waals surface area contributed by atoms with Crippen molar-refractivity contribution >= 4 is 17.4 Å². The van der Waals surface area contributed by atoms with Crippen molar-refractivity contribution in [1.29, 1.82) is 0 Å². The standard InChI is InChI=1S/C10H14ClN3O/c1-7-2-3-8(15-7)6-14-10-9(11)12-4-5-13-10/h4-5,7-8H,2-3,6H2,1H3,(H,13,14). The highest BCUT2D eigenvalue weighted by Crippen LogP contribution is 2.20. The molecule has 2 rings (SSSR count). The lowest BCUT2D eigenvalue weighted by molar-refractivity contribution is 0.0636. The molecule has 2 atom stereocenters. The first-order chi connectivity index (χ1) is 7.25. The van der Waals surface area contributed by atoms with Crippen LogP contribution in [0.5, 0.6) is 0 Å². The summed E-state index contributed by atoms with van der Waals surface area (Å²) in [5.74, 6) is 0.627. The maximum absolute atomic E-state index is 5.86. The first kappa shape index (κ1) is 10.6. The van der Waals surface area contributed by atoms with E-state index in [9.17, 15) is 0 Å². The summed E-state index contributed by atoms with van der Waals surface area (Å²) in [7, 11) is 0. The zero-order chi connectivity index (χ0) is 10.7. The van der Waals surface area contributed by atoms with Crippen molar-refractivity contribution in [2.45, 2.75) is 32.0 Å². The molecular weight excluding hydrogens is 214 g/mol. The third-order valence-corrected chi connectivity index (χ3v) is 2.75. The van der Waals surface area contributed by atoms with Crippen molar-refractivity contribution in [3.05, 3.63) is 17.5 Å². The number of nitrogens with one attached hydrogen (secondary N) is 1. The van der Waals surface area contributed by atoms with Gasteiger partial charge >= 0.3 is 0 Å². The summed E-state index contributed by atoms with van der Waals surface area (Å²) in [4.78, 5) is 8.04. The molecule has 1 aliphatic heterocycles. The van der Waals surface area contributed by atoms with Crippen LogP contribution < -0.4 is 5.32 Å². The summed E-state index contributed by atoms with van der Waals surface area (Å²) in [6, 6.07) is 0. The molecule has 0 saturated carbocycles. The van der Waals surface area contributed by atoms with Gasteiger partial charge in [0.05, 0.1) is 12.2 Å². The smallest absolute Gasteiger partial charge is 0.171 e. The van der Waals surface area contributed by atoms with Gasteiger partial charge in [0.25, 0.3) is 0 Å². The maximum atomic E-state index is 5.86. The molecule has 1 N–H and O–H groups in total. The van der Waals surface area contributed by atoms with Gasteiger partial charge in [-0.2, -0.15) is 0 Å². The lowest BCUT2D eigenvalue weighted by atomic mass is 10.2. The predicted molar refractivity (Wildman–Crippen MR) is 59.1 cm³/mol. The van der Waals surface area contributed by atoms with Gasteiger partial charge in [-0.05, 0) is 19.8 Å². The van der Waals surface area contributed by atoms with E-state index in [1.165, 1.54) is 0 Å². The van der Waals surface area contributed by atoms with Crippen LogP contribution in [0, 0.1) is 0 Å². The summed E-state index contributed by atoms with van der Waals surface area (Å²) in [6.07, 6.45) is 6.04. The lowest BCUT2D eigenvalue weighted by Gasteiger charge is -2.12. The van der Waals surface area contributed by atoms with Crippen LogP contribution in [-0.4, -0.2) is 28.7 Å². The summed E-state index contributed by atoms with van der Waals surface area (Å²) in [6.45, 7) is 2.83. The maximum Gasteiger partial charge on any atom is 0.171 e. The molecule has 0 aromatic carbocycles. The molecule has 4 nitrogen and oxygen atoms in total. The minimum Gasteiger partial charge on any atom is -0.373 e. The summed E-state index contributed by atoms with van der Waals surface area (Å²) in [5.41, 5.74) is 0. The molecule has 2 heterocycles. The Balaban J connectivity index is 1.86. The van der Waals surface area contributed by atoms with Crippen LogP contribution >= 0.6 is 11.6 Å². The van der Waals surface area contributed by atoms with Crippen LogP contribution in [-0.2, 0) is 4.74 Å². The minimum atomic E-state index is 0.262. The second-order valence-corrected chi connectivity index (χ2v) is 4.08. The van der Waals surface area contributed by atoms with Crippen molar-refractivity contribution in [3.8, 4) is 0 Å². The SMILES string of the molecule is CC1CCC(CNc2nccnc2Cl)O1. The number of aromatic nitrogens is 2.